The van der Waals surface area contributed by atoms with Gasteiger partial charge in [0.2, 0.25) is 0 Å². The second-order valence-corrected chi connectivity index (χ2v) is 6.35. The zero-order valence-corrected chi connectivity index (χ0v) is 16.2. The average molecular weight is 426 g/mol. The highest BCUT2D eigenvalue weighted by Crippen LogP contribution is 2.38. The third kappa shape index (κ3) is 4.21. The lowest BCUT2D eigenvalue weighted by molar-refractivity contribution is -0.136. The van der Waals surface area contributed by atoms with Gasteiger partial charge in [0, 0.05) is 5.56 Å². The Morgan fingerprint density at radius 3 is 2.74 bits per heavy atom. The number of benzene rings is 2. The Kier molecular flexibility index (Phi) is 5.94. The van der Waals surface area contributed by atoms with Crippen LogP contribution in [-0.2, 0) is 9.63 Å². The number of oxime groups is 1. The lowest BCUT2D eigenvalue weighted by Crippen LogP contribution is -2.07. The number of terminal acetylenes is 1. The van der Waals surface area contributed by atoms with Crippen molar-refractivity contribution in [2.24, 2.45) is 5.16 Å². The highest BCUT2D eigenvalue weighted by atomic mass is 79.9. The van der Waals surface area contributed by atoms with Crippen LogP contribution in [0.2, 0.25) is 0 Å². The van der Waals surface area contributed by atoms with Gasteiger partial charge in [-0.25, -0.2) is 4.79 Å². The van der Waals surface area contributed by atoms with Crippen molar-refractivity contribution in [2.75, 3.05) is 13.2 Å². The van der Waals surface area contributed by atoms with Crippen molar-refractivity contribution >= 4 is 33.7 Å². The molecule has 1 aliphatic rings. The summed E-state index contributed by atoms with van der Waals surface area (Å²) in [6, 6.07) is 13.0. The van der Waals surface area contributed by atoms with Crippen LogP contribution in [0.25, 0.3) is 6.08 Å². The van der Waals surface area contributed by atoms with Crippen LogP contribution in [-0.4, -0.2) is 24.9 Å². The number of hydrogen-bond acceptors (Lipinski definition) is 5. The fraction of sp³-hybridized carbons (Fsp3) is 0.143. The molecular weight excluding hydrogens is 410 g/mol. The average Bonchev–Trinajstić information content (AvgIpc) is 3.03. The number of halogens is 1. The van der Waals surface area contributed by atoms with Crippen LogP contribution in [0.15, 0.2) is 57.7 Å². The van der Waals surface area contributed by atoms with Gasteiger partial charge in [-0.3, -0.25) is 0 Å². The number of nitrogens with zero attached hydrogens (tertiary/aromatic N) is 1. The van der Waals surface area contributed by atoms with E-state index in [2.05, 4.69) is 27.0 Å². The molecule has 1 aliphatic heterocycles. The maximum atomic E-state index is 12.2. The van der Waals surface area contributed by atoms with Crippen molar-refractivity contribution in [1.82, 2.24) is 0 Å². The first-order valence-corrected chi connectivity index (χ1v) is 9.02. The van der Waals surface area contributed by atoms with E-state index >= 15 is 0 Å². The molecule has 0 unspecified atom stereocenters. The van der Waals surface area contributed by atoms with Crippen molar-refractivity contribution in [3.8, 4) is 23.8 Å². The van der Waals surface area contributed by atoms with Crippen LogP contribution in [0, 0.1) is 12.3 Å². The molecule has 2 aromatic rings. The van der Waals surface area contributed by atoms with Crippen LogP contribution >= 0.6 is 15.9 Å². The Hall–Kier alpha value is -3.04. The summed E-state index contributed by atoms with van der Waals surface area (Å²) >= 11 is 3.47. The lowest BCUT2D eigenvalue weighted by Gasteiger charge is -2.13. The van der Waals surface area contributed by atoms with Gasteiger partial charge in [0.15, 0.2) is 11.5 Å². The number of carbonyl (C=O) groups excluding carboxylic acids is 1. The molecule has 5 nitrogen and oxygen atoms in total. The summed E-state index contributed by atoms with van der Waals surface area (Å²) in [5.74, 6) is 2.97. The number of hydrogen-bond donors (Lipinski definition) is 0. The molecule has 1 heterocycles. The predicted molar refractivity (Wildman–Crippen MR) is 107 cm³/mol. The summed E-state index contributed by atoms with van der Waals surface area (Å²) in [7, 11) is 0. The first kappa shape index (κ1) is 18.7. The zero-order chi connectivity index (χ0) is 19.2. The summed E-state index contributed by atoms with van der Waals surface area (Å²) in [6.07, 6.45) is 6.98. The standard InChI is InChI=1S/C21H16BrNO4/c1-3-10-26-20-17(22)12-14(13-18(20)25-4-2)11-16-19(23-27-21(16)24)15-8-6-5-7-9-15/h1,5-9,11-13H,4,10H2,2H3/b16-11-. The van der Waals surface area contributed by atoms with Crippen molar-refractivity contribution in [3.63, 3.8) is 0 Å². The fourth-order valence-electron chi connectivity index (χ4n) is 2.57. The normalized spacial score (nSPS) is 14.5. The monoisotopic (exact) mass is 425 g/mol. The van der Waals surface area contributed by atoms with Gasteiger partial charge in [-0.05, 0) is 46.6 Å². The SMILES string of the molecule is C#CCOc1c(Br)cc(/C=C2\C(=O)ON=C2c2ccccc2)cc1OCC. The minimum absolute atomic E-state index is 0.121. The zero-order valence-electron chi connectivity index (χ0n) is 14.6. The number of ether oxygens (including phenoxy) is 2. The Labute approximate surface area is 165 Å². The number of carbonyl (C=O) groups is 1. The van der Waals surface area contributed by atoms with Gasteiger partial charge in [0.05, 0.1) is 16.7 Å². The topological polar surface area (TPSA) is 57.1 Å². The van der Waals surface area contributed by atoms with E-state index < -0.39 is 5.97 Å². The van der Waals surface area contributed by atoms with Gasteiger partial charge in [0.1, 0.15) is 12.3 Å². The summed E-state index contributed by atoms with van der Waals surface area (Å²) in [6.45, 7) is 2.45. The smallest absolute Gasteiger partial charge is 0.368 e. The summed E-state index contributed by atoms with van der Waals surface area (Å²) in [5, 5.41) is 3.91. The summed E-state index contributed by atoms with van der Waals surface area (Å²) < 4.78 is 11.9. The fourth-order valence-corrected chi connectivity index (χ4v) is 3.14. The minimum atomic E-state index is -0.504. The van der Waals surface area contributed by atoms with E-state index in [0.717, 1.165) is 11.1 Å². The van der Waals surface area contributed by atoms with Crippen LogP contribution in [0.1, 0.15) is 18.1 Å². The van der Waals surface area contributed by atoms with Crippen LogP contribution in [0.4, 0.5) is 0 Å². The molecule has 27 heavy (non-hydrogen) atoms. The second kappa shape index (κ2) is 8.56. The predicted octanol–water partition coefficient (Wildman–Crippen LogP) is 4.20. The van der Waals surface area contributed by atoms with Gasteiger partial charge in [-0.2, -0.15) is 0 Å². The molecule has 0 atom stereocenters. The molecule has 0 radical (unpaired) electrons. The third-order valence-electron chi connectivity index (χ3n) is 3.68. The molecule has 136 valence electrons. The molecule has 0 aliphatic carbocycles. The van der Waals surface area contributed by atoms with Crippen LogP contribution in [0.3, 0.4) is 0 Å². The first-order chi connectivity index (χ1) is 13.1. The maximum Gasteiger partial charge on any atom is 0.368 e. The van der Waals surface area contributed by atoms with E-state index in [1.807, 2.05) is 43.3 Å². The van der Waals surface area contributed by atoms with Gasteiger partial charge in [0.25, 0.3) is 0 Å². The Bertz CT molecular complexity index is 958. The largest absolute Gasteiger partial charge is 0.490 e. The van der Waals surface area contributed by atoms with Crippen molar-refractivity contribution in [1.29, 1.82) is 0 Å². The molecule has 0 saturated carbocycles. The summed E-state index contributed by atoms with van der Waals surface area (Å²) in [4.78, 5) is 17.1. The molecule has 0 saturated heterocycles. The van der Waals surface area contributed by atoms with E-state index in [4.69, 9.17) is 20.7 Å². The molecule has 6 heteroatoms. The molecule has 0 fully saturated rings. The third-order valence-corrected chi connectivity index (χ3v) is 4.27. The van der Waals surface area contributed by atoms with Gasteiger partial charge in [-0.1, -0.05) is 41.4 Å². The lowest BCUT2D eigenvalue weighted by atomic mass is 10.0. The Morgan fingerprint density at radius 2 is 2.04 bits per heavy atom. The quantitative estimate of drug-likeness (QED) is 0.395. The van der Waals surface area contributed by atoms with Crippen molar-refractivity contribution in [2.45, 2.75) is 6.92 Å². The van der Waals surface area contributed by atoms with Crippen molar-refractivity contribution < 1.29 is 19.1 Å². The Morgan fingerprint density at radius 1 is 1.26 bits per heavy atom. The van der Waals surface area contributed by atoms with Crippen molar-refractivity contribution in [3.05, 3.63) is 63.6 Å². The molecular formula is C21H16BrNO4. The Balaban J connectivity index is 2.01. The second-order valence-electron chi connectivity index (χ2n) is 5.50. The van der Waals surface area contributed by atoms with Gasteiger partial charge >= 0.3 is 5.97 Å². The highest BCUT2D eigenvalue weighted by Gasteiger charge is 2.27. The van der Waals surface area contributed by atoms with E-state index in [0.29, 0.717) is 33.9 Å². The molecule has 2 aromatic carbocycles. The summed E-state index contributed by atoms with van der Waals surface area (Å²) in [5.41, 5.74) is 2.39. The molecule has 3 rings (SSSR count). The van der Waals surface area contributed by atoms with E-state index in [1.165, 1.54) is 0 Å². The van der Waals surface area contributed by atoms with Crippen LogP contribution in [0.5, 0.6) is 11.5 Å². The number of rotatable bonds is 6. The molecule has 0 N–H and O–H groups in total. The van der Waals surface area contributed by atoms with Gasteiger partial charge in [-0.15, -0.1) is 6.42 Å². The minimum Gasteiger partial charge on any atom is -0.490 e. The van der Waals surface area contributed by atoms with E-state index in [-0.39, 0.29) is 6.61 Å². The first-order valence-electron chi connectivity index (χ1n) is 8.23. The van der Waals surface area contributed by atoms with Crippen LogP contribution < -0.4 is 9.47 Å². The highest BCUT2D eigenvalue weighted by molar-refractivity contribution is 9.10. The molecule has 0 amide bonds. The van der Waals surface area contributed by atoms with E-state index in [1.54, 1.807) is 12.1 Å². The molecule has 0 spiro atoms. The molecule has 0 bridgehead atoms. The molecule has 0 aromatic heterocycles. The maximum absolute atomic E-state index is 12.2. The van der Waals surface area contributed by atoms with Gasteiger partial charge < -0.3 is 14.3 Å². The van der Waals surface area contributed by atoms with E-state index in [9.17, 15) is 4.79 Å².